The summed E-state index contributed by atoms with van der Waals surface area (Å²) in [6.45, 7) is 7.75. The van der Waals surface area contributed by atoms with Gasteiger partial charge in [0.2, 0.25) is 0 Å². The van der Waals surface area contributed by atoms with Crippen LogP contribution in [-0.2, 0) is 39.1 Å². The van der Waals surface area contributed by atoms with E-state index in [4.69, 9.17) is 8.92 Å². The van der Waals surface area contributed by atoms with Crippen LogP contribution in [0.15, 0.2) is 40.8 Å². The smallest absolute Gasteiger partial charge is 0.342 e. The van der Waals surface area contributed by atoms with E-state index in [9.17, 15) is 23.1 Å². The van der Waals surface area contributed by atoms with Gasteiger partial charge in [0, 0.05) is 11.1 Å². The van der Waals surface area contributed by atoms with E-state index < -0.39 is 28.0 Å². The molecule has 1 N–H and O–H groups in total. The molecule has 36 heavy (non-hydrogen) atoms. The number of hydrogen-bond acceptors (Lipinski definition) is 6. The van der Waals surface area contributed by atoms with Gasteiger partial charge in [-0.3, -0.25) is 4.79 Å². The molecule has 2 aliphatic rings. The van der Waals surface area contributed by atoms with Crippen LogP contribution in [-0.4, -0.2) is 25.5 Å². The van der Waals surface area contributed by atoms with Crippen LogP contribution >= 0.6 is 0 Å². The Labute approximate surface area is 212 Å². The van der Waals surface area contributed by atoms with Crippen LogP contribution in [0.3, 0.4) is 0 Å². The van der Waals surface area contributed by atoms with Gasteiger partial charge in [0.1, 0.15) is 17.1 Å². The number of aryl methyl sites for hydroxylation is 1. The van der Waals surface area contributed by atoms with Crippen molar-refractivity contribution in [3.05, 3.63) is 69.3 Å². The Balaban J connectivity index is 1.81. The van der Waals surface area contributed by atoms with Crippen LogP contribution in [0.2, 0.25) is 0 Å². The zero-order valence-corrected chi connectivity index (χ0v) is 21.9. The van der Waals surface area contributed by atoms with Crippen LogP contribution in [0, 0.1) is 25.7 Å². The Morgan fingerprint density at radius 3 is 2.44 bits per heavy atom. The number of carboxylic acids is 1. The molecule has 2 atom stereocenters. The van der Waals surface area contributed by atoms with E-state index in [0.29, 0.717) is 30.4 Å². The Bertz CT molecular complexity index is 1340. The number of fused-ring (bicyclic) bond motifs is 1. The summed E-state index contributed by atoms with van der Waals surface area (Å²) in [5.41, 5.74) is 5.09. The van der Waals surface area contributed by atoms with Crippen LogP contribution in [0.4, 0.5) is 0 Å². The topological polar surface area (TPSA) is 107 Å². The van der Waals surface area contributed by atoms with Crippen molar-refractivity contribution in [1.82, 2.24) is 0 Å². The second-order valence-electron chi connectivity index (χ2n) is 9.68. The van der Waals surface area contributed by atoms with E-state index in [1.165, 1.54) is 12.1 Å². The molecule has 0 saturated heterocycles. The number of rotatable bonds is 8. The Hall–Kier alpha value is -3.13. The summed E-state index contributed by atoms with van der Waals surface area (Å²) in [5, 5.41) is 9.60. The summed E-state index contributed by atoms with van der Waals surface area (Å²) in [4.78, 5) is 24.4. The Morgan fingerprint density at radius 2 is 1.81 bits per heavy atom. The maximum absolute atomic E-state index is 13.3. The molecule has 2 aromatic carbocycles. The minimum Gasteiger partial charge on any atom is -0.481 e. The summed E-state index contributed by atoms with van der Waals surface area (Å²) >= 11 is 0. The highest BCUT2D eigenvalue weighted by molar-refractivity contribution is 7.87. The van der Waals surface area contributed by atoms with E-state index in [0.717, 1.165) is 35.1 Å². The summed E-state index contributed by atoms with van der Waals surface area (Å²) in [6, 6.07) is 6.34. The fourth-order valence-electron chi connectivity index (χ4n) is 5.49. The Kier molecular flexibility index (Phi) is 7.27. The van der Waals surface area contributed by atoms with Crippen molar-refractivity contribution in [3.63, 3.8) is 0 Å². The number of carboxylic acid groups (broad SMARTS) is 1. The highest BCUT2D eigenvalue weighted by atomic mass is 32.2. The molecule has 1 aliphatic carbocycles. The third-order valence-corrected chi connectivity index (χ3v) is 8.76. The summed E-state index contributed by atoms with van der Waals surface area (Å²) in [5.74, 6) is -1.85. The van der Waals surface area contributed by atoms with Crippen molar-refractivity contribution < 1.29 is 32.0 Å². The summed E-state index contributed by atoms with van der Waals surface area (Å²) in [6.07, 6.45) is 5.20. The average molecular weight is 513 g/mol. The summed E-state index contributed by atoms with van der Waals surface area (Å²) < 4.78 is 37.6. The third kappa shape index (κ3) is 4.78. The minimum atomic E-state index is -4.22. The van der Waals surface area contributed by atoms with Crippen LogP contribution in [0.1, 0.15) is 71.3 Å². The molecule has 2 unspecified atom stereocenters. The molecule has 1 aliphatic heterocycles. The molecule has 0 aromatic heterocycles. The van der Waals surface area contributed by atoms with Gasteiger partial charge >= 0.3 is 22.1 Å². The largest absolute Gasteiger partial charge is 0.481 e. The quantitative estimate of drug-likeness (QED) is 0.291. The lowest BCUT2D eigenvalue weighted by atomic mass is 9.86. The van der Waals surface area contributed by atoms with Crippen molar-refractivity contribution in [3.8, 4) is 5.75 Å². The standard InChI is InChI=1S/C28H32O7S/c1-5-20-18(4)24-15-34-28(31)25(24)26(35-36(32,33)19-12-9-16(2)10-13-19)22(20)14-11-17(3)21-7-6-8-23(21)27(29)30/h9-13,21,23H,5-8,14-15H2,1-4H3,(H,29,30)/b17-11+. The van der Waals surface area contributed by atoms with E-state index in [-0.39, 0.29) is 28.7 Å². The maximum atomic E-state index is 13.3. The van der Waals surface area contributed by atoms with E-state index in [1.807, 2.05) is 33.8 Å². The van der Waals surface area contributed by atoms with Crippen molar-refractivity contribution >= 4 is 22.1 Å². The van der Waals surface area contributed by atoms with E-state index >= 15 is 0 Å². The molecule has 2 aromatic rings. The molecule has 0 radical (unpaired) electrons. The molecule has 4 rings (SSSR count). The van der Waals surface area contributed by atoms with Crippen LogP contribution in [0.25, 0.3) is 0 Å². The van der Waals surface area contributed by atoms with Crippen molar-refractivity contribution in [2.45, 2.75) is 71.3 Å². The van der Waals surface area contributed by atoms with Gasteiger partial charge in [-0.2, -0.15) is 8.42 Å². The van der Waals surface area contributed by atoms with Crippen molar-refractivity contribution in [2.75, 3.05) is 0 Å². The molecule has 0 bridgehead atoms. The second-order valence-corrected chi connectivity index (χ2v) is 11.2. The molecule has 7 nitrogen and oxygen atoms in total. The molecule has 1 heterocycles. The first kappa shape index (κ1) is 25.9. The molecule has 0 amide bonds. The molecule has 1 fully saturated rings. The number of carbonyl (C=O) groups is 2. The molecule has 192 valence electrons. The number of carbonyl (C=O) groups excluding carboxylic acids is 1. The van der Waals surface area contributed by atoms with Crippen molar-refractivity contribution in [1.29, 1.82) is 0 Å². The van der Waals surface area contributed by atoms with Gasteiger partial charge in [-0.05, 0) is 75.6 Å². The lowest BCUT2D eigenvalue weighted by Gasteiger charge is -2.21. The van der Waals surface area contributed by atoms with Gasteiger partial charge in [0.15, 0.2) is 5.75 Å². The molecular formula is C28H32O7S. The normalized spacial score (nSPS) is 19.8. The first-order valence-electron chi connectivity index (χ1n) is 12.3. The number of ether oxygens (including phenoxy) is 1. The molecule has 1 saturated carbocycles. The van der Waals surface area contributed by atoms with Crippen LogP contribution < -0.4 is 4.18 Å². The zero-order valence-electron chi connectivity index (χ0n) is 21.1. The number of cyclic esters (lactones) is 1. The molecule has 8 heteroatoms. The number of aliphatic carboxylic acids is 1. The predicted molar refractivity (Wildman–Crippen MR) is 135 cm³/mol. The Morgan fingerprint density at radius 1 is 1.14 bits per heavy atom. The van der Waals surface area contributed by atoms with Crippen molar-refractivity contribution in [2.24, 2.45) is 11.8 Å². The van der Waals surface area contributed by atoms with Gasteiger partial charge in [-0.1, -0.05) is 42.7 Å². The SMILES string of the molecule is CCc1c(C)c2c(c(OS(=O)(=O)c3ccc(C)cc3)c1C/C=C(\C)C1CCCC1C(=O)O)C(=O)OC2. The van der Waals surface area contributed by atoms with Gasteiger partial charge < -0.3 is 14.0 Å². The average Bonchev–Trinajstić information content (AvgIpc) is 3.47. The number of hydrogen-bond donors (Lipinski definition) is 1. The zero-order chi connectivity index (χ0) is 26.2. The van der Waals surface area contributed by atoms with Gasteiger partial charge in [0.25, 0.3) is 0 Å². The number of esters is 1. The number of benzene rings is 2. The van der Waals surface area contributed by atoms with E-state index in [2.05, 4.69) is 0 Å². The highest BCUT2D eigenvalue weighted by Crippen LogP contribution is 2.42. The highest BCUT2D eigenvalue weighted by Gasteiger charge is 2.36. The molecule has 0 spiro atoms. The second kappa shape index (κ2) is 10.1. The maximum Gasteiger partial charge on any atom is 0.342 e. The van der Waals surface area contributed by atoms with Gasteiger partial charge in [-0.25, -0.2) is 4.79 Å². The lowest BCUT2D eigenvalue weighted by Crippen LogP contribution is -2.19. The monoisotopic (exact) mass is 512 g/mol. The first-order valence-corrected chi connectivity index (χ1v) is 13.7. The fraction of sp³-hybridized carbons (Fsp3) is 0.429. The predicted octanol–water partition coefficient (Wildman–Crippen LogP) is 5.29. The van der Waals surface area contributed by atoms with E-state index in [1.54, 1.807) is 12.1 Å². The summed E-state index contributed by atoms with van der Waals surface area (Å²) in [7, 11) is -4.22. The van der Waals surface area contributed by atoms with Gasteiger partial charge in [-0.15, -0.1) is 0 Å². The number of allylic oxidation sites excluding steroid dienone is 2. The van der Waals surface area contributed by atoms with Gasteiger partial charge in [0.05, 0.1) is 5.92 Å². The first-order chi connectivity index (χ1) is 17.0. The van der Waals surface area contributed by atoms with Crippen LogP contribution in [0.5, 0.6) is 5.75 Å². The fourth-order valence-corrected chi connectivity index (χ4v) is 6.46. The molecular weight excluding hydrogens is 480 g/mol. The minimum absolute atomic E-state index is 0.000217. The third-order valence-electron chi connectivity index (χ3n) is 7.53. The lowest BCUT2D eigenvalue weighted by molar-refractivity contribution is -0.142.